The van der Waals surface area contributed by atoms with Crippen LogP contribution in [0.5, 0.6) is 0 Å². The average Bonchev–Trinajstić information content (AvgIpc) is 3.37. The van der Waals surface area contributed by atoms with Gasteiger partial charge in [0.15, 0.2) is 5.01 Å². The minimum absolute atomic E-state index is 0.111. The molecule has 0 bridgehead atoms. The molecule has 2 aliphatic heterocycles. The number of amides is 1. The molecule has 11 heteroatoms. The number of thiazole rings is 1. The summed E-state index contributed by atoms with van der Waals surface area (Å²) in [6.45, 7) is 4.10. The lowest BCUT2D eigenvalue weighted by Crippen LogP contribution is -2.50. The van der Waals surface area contributed by atoms with Crippen LogP contribution in [0, 0.1) is 0 Å². The Labute approximate surface area is 193 Å². The van der Waals surface area contributed by atoms with Gasteiger partial charge in [0.1, 0.15) is 4.21 Å². The molecule has 4 heterocycles. The number of nitrogens with zero attached hydrogens (tertiary/aromatic N) is 3. The first-order valence-electron chi connectivity index (χ1n) is 10.0. The van der Waals surface area contributed by atoms with Crippen molar-refractivity contribution in [1.29, 1.82) is 0 Å². The number of aromatic nitrogens is 1. The molecule has 3 aromatic rings. The van der Waals surface area contributed by atoms with Gasteiger partial charge >= 0.3 is 0 Å². The van der Waals surface area contributed by atoms with Crippen LogP contribution in [0.25, 0.3) is 10.1 Å². The number of rotatable bonds is 3. The molecule has 1 N–H and O–H groups in total. The van der Waals surface area contributed by atoms with E-state index >= 15 is 0 Å². The maximum absolute atomic E-state index is 13.1. The predicted molar refractivity (Wildman–Crippen MR) is 124 cm³/mol. The molecule has 2 aliphatic rings. The number of hydrogen-bond acceptors (Lipinski definition) is 7. The third-order valence-electron chi connectivity index (χ3n) is 5.65. The van der Waals surface area contributed by atoms with E-state index < -0.39 is 10.0 Å². The van der Waals surface area contributed by atoms with Crippen LogP contribution in [0.4, 0.5) is 0 Å². The summed E-state index contributed by atoms with van der Waals surface area (Å²) in [5.74, 6) is -0.111. The van der Waals surface area contributed by atoms with Crippen LogP contribution >= 0.6 is 34.3 Å². The Kier molecular flexibility index (Phi) is 5.56. The molecule has 1 saturated heterocycles. The standard InChI is InChI=1S/C20H21ClN4O3S3/c1-12-8-15-17(11-22-12)30-19(23-15)20(26)24-4-6-25(7-5-24)31(27,28)18-9-13-2-3-14(21)10-16(13)29-18/h2-3,9-10,12,22H,4-8,11H2,1H3. The molecule has 1 amide bonds. The number of carbonyl (C=O) groups excluding carboxylic acids is 1. The van der Waals surface area contributed by atoms with E-state index in [1.165, 1.54) is 27.0 Å². The largest absolute Gasteiger partial charge is 0.334 e. The summed E-state index contributed by atoms with van der Waals surface area (Å²) in [7, 11) is -3.61. The number of halogens is 1. The van der Waals surface area contributed by atoms with Gasteiger partial charge in [-0.15, -0.1) is 22.7 Å². The predicted octanol–water partition coefficient (Wildman–Crippen LogP) is 3.19. The molecule has 2 aromatic heterocycles. The highest BCUT2D eigenvalue weighted by Crippen LogP contribution is 2.33. The lowest BCUT2D eigenvalue weighted by molar-refractivity contribution is 0.0697. The molecule has 1 aromatic carbocycles. The summed E-state index contributed by atoms with van der Waals surface area (Å²) in [5.41, 5.74) is 1.01. The highest BCUT2D eigenvalue weighted by atomic mass is 35.5. The Hall–Kier alpha value is -1.56. The fourth-order valence-electron chi connectivity index (χ4n) is 3.90. The summed E-state index contributed by atoms with van der Waals surface area (Å²) >= 11 is 8.69. The van der Waals surface area contributed by atoms with Crippen LogP contribution in [0.15, 0.2) is 28.5 Å². The molecule has 0 radical (unpaired) electrons. The molecule has 0 saturated carbocycles. The van der Waals surface area contributed by atoms with Gasteiger partial charge in [-0.3, -0.25) is 4.79 Å². The number of benzene rings is 1. The molecule has 164 valence electrons. The van der Waals surface area contributed by atoms with E-state index in [0.717, 1.165) is 33.6 Å². The van der Waals surface area contributed by atoms with Crippen molar-refractivity contribution in [2.45, 2.75) is 30.1 Å². The van der Waals surface area contributed by atoms with Gasteiger partial charge in [-0.2, -0.15) is 4.31 Å². The number of thiophene rings is 1. The van der Waals surface area contributed by atoms with Gasteiger partial charge in [0.25, 0.3) is 15.9 Å². The molecule has 0 spiro atoms. The van der Waals surface area contributed by atoms with Gasteiger partial charge in [0, 0.05) is 59.8 Å². The van der Waals surface area contributed by atoms with Gasteiger partial charge < -0.3 is 10.2 Å². The number of sulfonamides is 1. The number of hydrogen-bond donors (Lipinski definition) is 1. The molecule has 1 atom stereocenters. The maximum Gasteiger partial charge on any atom is 0.282 e. The number of nitrogens with one attached hydrogen (secondary N) is 1. The molecular formula is C20H21ClN4O3S3. The summed E-state index contributed by atoms with van der Waals surface area (Å²) in [6.07, 6.45) is 0.825. The van der Waals surface area contributed by atoms with Crippen molar-refractivity contribution >= 4 is 60.3 Å². The molecule has 5 rings (SSSR count). The third-order valence-corrected chi connectivity index (χ3v) is 10.4. The Bertz CT molecular complexity index is 1260. The Morgan fingerprint density at radius 1 is 1.19 bits per heavy atom. The first-order valence-corrected chi connectivity index (χ1v) is 13.5. The summed E-state index contributed by atoms with van der Waals surface area (Å²) in [6, 6.07) is 7.41. The van der Waals surface area contributed by atoms with E-state index in [0.29, 0.717) is 33.4 Å². The Morgan fingerprint density at radius 2 is 1.97 bits per heavy atom. The highest BCUT2D eigenvalue weighted by Gasteiger charge is 2.33. The summed E-state index contributed by atoms with van der Waals surface area (Å²) in [5, 5.41) is 5.33. The fourth-order valence-corrected chi connectivity index (χ4v) is 8.16. The molecule has 1 fully saturated rings. The van der Waals surface area contributed by atoms with Crippen molar-refractivity contribution in [3.8, 4) is 0 Å². The van der Waals surface area contributed by atoms with Crippen molar-refractivity contribution < 1.29 is 13.2 Å². The van der Waals surface area contributed by atoms with E-state index in [4.69, 9.17) is 11.6 Å². The SMILES string of the molecule is CC1Cc2nc(C(=O)N3CCN(S(=O)(=O)c4cc5ccc(Cl)cc5s4)CC3)sc2CN1. The topological polar surface area (TPSA) is 82.6 Å². The lowest BCUT2D eigenvalue weighted by Gasteiger charge is -2.33. The highest BCUT2D eigenvalue weighted by molar-refractivity contribution is 7.91. The zero-order chi connectivity index (χ0) is 21.8. The van der Waals surface area contributed by atoms with Crippen LogP contribution in [0.3, 0.4) is 0 Å². The molecule has 1 unspecified atom stereocenters. The quantitative estimate of drug-likeness (QED) is 0.602. The Morgan fingerprint density at radius 3 is 2.74 bits per heavy atom. The zero-order valence-electron chi connectivity index (χ0n) is 16.8. The van der Waals surface area contributed by atoms with Gasteiger partial charge in [-0.1, -0.05) is 17.7 Å². The summed E-state index contributed by atoms with van der Waals surface area (Å²) in [4.78, 5) is 20.3. The van der Waals surface area contributed by atoms with Crippen LogP contribution in [0.2, 0.25) is 5.02 Å². The van der Waals surface area contributed by atoms with E-state index in [1.807, 2.05) is 6.07 Å². The van der Waals surface area contributed by atoms with E-state index in [9.17, 15) is 13.2 Å². The minimum Gasteiger partial charge on any atom is -0.334 e. The summed E-state index contributed by atoms with van der Waals surface area (Å²) < 4.78 is 28.9. The molecule has 7 nitrogen and oxygen atoms in total. The smallest absolute Gasteiger partial charge is 0.282 e. The number of carbonyl (C=O) groups is 1. The maximum atomic E-state index is 13.1. The van der Waals surface area contributed by atoms with Crippen LogP contribution in [-0.2, 0) is 23.0 Å². The molecular weight excluding hydrogens is 476 g/mol. The van der Waals surface area contributed by atoms with Crippen LogP contribution in [0.1, 0.15) is 27.3 Å². The number of fused-ring (bicyclic) bond motifs is 2. The van der Waals surface area contributed by atoms with Gasteiger partial charge in [0.05, 0.1) is 5.69 Å². The molecule has 0 aliphatic carbocycles. The van der Waals surface area contributed by atoms with Gasteiger partial charge in [0.2, 0.25) is 0 Å². The molecule has 31 heavy (non-hydrogen) atoms. The first kappa shape index (κ1) is 21.3. The van der Waals surface area contributed by atoms with Crippen LogP contribution < -0.4 is 5.32 Å². The van der Waals surface area contributed by atoms with E-state index in [1.54, 1.807) is 23.1 Å². The third kappa shape index (κ3) is 4.01. The van der Waals surface area contributed by atoms with Crippen molar-refractivity contribution in [3.63, 3.8) is 0 Å². The number of piperazine rings is 1. The van der Waals surface area contributed by atoms with Crippen molar-refractivity contribution in [3.05, 3.63) is 44.9 Å². The minimum atomic E-state index is -3.61. The second kappa shape index (κ2) is 8.09. The van der Waals surface area contributed by atoms with E-state index in [2.05, 4.69) is 17.2 Å². The van der Waals surface area contributed by atoms with Crippen molar-refractivity contribution in [1.82, 2.24) is 19.5 Å². The average molecular weight is 497 g/mol. The second-order valence-electron chi connectivity index (χ2n) is 7.82. The van der Waals surface area contributed by atoms with Crippen molar-refractivity contribution in [2.24, 2.45) is 0 Å². The van der Waals surface area contributed by atoms with Gasteiger partial charge in [-0.25, -0.2) is 13.4 Å². The monoisotopic (exact) mass is 496 g/mol. The normalized spacial score (nSPS) is 20.2. The Balaban J connectivity index is 1.28. The van der Waals surface area contributed by atoms with Crippen LogP contribution in [-0.4, -0.2) is 60.7 Å². The lowest BCUT2D eigenvalue weighted by atomic mass is 10.1. The van der Waals surface area contributed by atoms with Crippen molar-refractivity contribution in [2.75, 3.05) is 26.2 Å². The van der Waals surface area contributed by atoms with Gasteiger partial charge in [-0.05, 0) is 30.5 Å². The zero-order valence-corrected chi connectivity index (χ0v) is 20.0. The fraction of sp³-hybridized carbons (Fsp3) is 0.400. The second-order valence-corrected chi connectivity index (χ2v) is 12.6. The first-order chi connectivity index (χ1) is 14.8. The van der Waals surface area contributed by atoms with E-state index in [-0.39, 0.29) is 19.0 Å².